The number of aromatic nitrogens is 1. The highest BCUT2D eigenvalue weighted by Crippen LogP contribution is 2.40. The van der Waals surface area contributed by atoms with Gasteiger partial charge in [0.25, 0.3) is 5.91 Å². The fourth-order valence-electron chi connectivity index (χ4n) is 4.02. The standard InChI is InChI=1S/C24H27ClFN3O4/c1-13-20-16(6-5-15(21(20)26)17-11-14(12-25)9-10-28-17)23(32)29(13)18(22(27)31)7-8-19(30)33-24(2,3)4/h5-6,9-11,13,18H,7-8,12H2,1-4H3,(H2,27,31). The molecule has 0 spiro atoms. The summed E-state index contributed by atoms with van der Waals surface area (Å²) in [6, 6.07) is 4.57. The van der Waals surface area contributed by atoms with Crippen LogP contribution in [-0.2, 0) is 20.2 Å². The number of amides is 2. The molecule has 1 aliphatic rings. The Bertz CT molecular complexity index is 1100. The van der Waals surface area contributed by atoms with E-state index < -0.39 is 41.3 Å². The Hall–Kier alpha value is -3.00. The van der Waals surface area contributed by atoms with Gasteiger partial charge in [0, 0.05) is 35.2 Å². The number of alkyl halides is 1. The molecule has 33 heavy (non-hydrogen) atoms. The molecule has 0 saturated carbocycles. The Morgan fingerprint density at radius 2 is 1.94 bits per heavy atom. The zero-order valence-corrected chi connectivity index (χ0v) is 19.8. The summed E-state index contributed by atoms with van der Waals surface area (Å²) in [5.41, 5.74) is 6.62. The summed E-state index contributed by atoms with van der Waals surface area (Å²) < 4.78 is 20.9. The first kappa shape index (κ1) is 24.6. The SMILES string of the molecule is CC1c2c(ccc(-c3cc(CCl)ccn3)c2F)C(=O)N1C(CCC(=O)OC(C)(C)C)C(N)=O. The van der Waals surface area contributed by atoms with E-state index in [9.17, 15) is 14.4 Å². The number of hydrogen-bond acceptors (Lipinski definition) is 5. The number of halogens is 2. The first-order valence-electron chi connectivity index (χ1n) is 10.6. The summed E-state index contributed by atoms with van der Waals surface area (Å²) in [5, 5.41) is 0. The molecule has 0 saturated heterocycles. The van der Waals surface area contributed by atoms with Crippen molar-refractivity contribution in [2.24, 2.45) is 5.73 Å². The van der Waals surface area contributed by atoms with Crippen LogP contribution >= 0.6 is 11.6 Å². The molecule has 2 atom stereocenters. The number of benzene rings is 1. The van der Waals surface area contributed by atoms with Crippen molar-refractivity contribution in [3.63, 3.8) is 0 Å². The van der Waals surface area contributed by atoms with Crippen LogP contribution in [0.4, 0.5) is 4.39 Å². The number of nitrogens with zero attached hydrogens (tertiary/aromatic N) is 2. The molecule has 2 aromatic rings. The normalized spacial score (nSPS) is 16.5. The van der Waals surface area contributed by atoms with E-state index in [1.807, 2.05) is 0 Å². The molecule has 1 aromatic carbocycles. The van der Waals surface area contributed by atoms with Crippen LogP contribution in [0.5, 0.6) is 0 Å². The van der Waals surface area contributed by atoms with Crippen molar-refractivity contribution in [2.45, 2.75) is 64.1 Å². The van der Waals surface area contributed by atoms with E-state index in [0.29, 0.717) is 5.69 Å². The minimum Gasteiger partial charge on any atom is -0.460 e. The monoisotopic (exact) mass is 475 g/mol. The lowest BCUT2D eigenvalue weighted by Gasteiger charge is -2.30. The molecule has 3 rings (SSSR count). The van der Waals surface area contributed by atoms with Crippen molar-refractivity contribution in [2.75, 3.05) is 0 Å². The maximum absolute atomic E-state index is 15.6. The van der Waals surface area contributed by atoms with Gasteiger partial charge in [-0.25, -0.2) is 4.39 Å². The summed E-state index contributed by atoms with van der Waals surface area (Å²) >= 11 is 5.88. The Morgan fingerprint density at radius 3 is 2.55 bits per heavy atom. The van der Waals surface area contributed by atoms with E-state index in [1.165, 1.54) is 17.0 Å². The minimum atomic E-state index is -1.09. The topological polar surface area (TPSA) is 103 Å². The largest absolute Gasteiger partial charge is 0.460 e. The second-order valence-corrected chi connectivity index (χ2v) is 9.27. The number of carbonyl (C=O) groups excluding carboxylic acids is 3. The van der Waals surface area contributed by atoms with Gasteiger partial charge < -0.3 is 15.4 Å². The zero-order chi connectivity index (χ0) is 24.5. The van der Waals surface area contributed by atoms with Gasteiger partial charge in [0.15, 0.2) is 0 Å². The van der Waals surface area contributed by atoms with Crippen LogP contribution in [-0.4, -0.2) is 39.3 Å². The Balaban J connectivity index is 1.91. The molecule has 1 aliphatic heterocycles. The van der Waals surface area contributed by atoms with E-state index in [1.54, 1.807) is 46.0 Å². The third-order valence-corrected chi connectivity index (χ3v) is 5.75. The molecule has 9 heteroatoms. The molecule has 176 valence electrons. The maximum Gasteiger partial charge on any atom is 0.306 e. The third-order valence-electron chi connectivity index (χ3n) is 5.44. The molecule has 0 bridgehead atoms. The smallest absolute Gasteiger partial charge is 0.306 e. The molecule has 0 aliphatic carbocycles. The Morgan fingerprint density at radius 1 is 1.27 bits per heavy atom. The number of fused-ring (bicyclic) bond motifs is 1. The van der Waals surface area contributed by atoms with Crippen LogP contribution in [0, 0.1) is 5.82 Å². The Labute approximate surface area is 197 Å². The highest BCUT2D eigenvalue weighted by molar-refractivity contribution is 6.17. The predicted octanol–water partition coefficient (Wildman–Crippen LogP) is 4.12. The number of primary amides is 1. The number of pyridine rings is 1. The third kappa shape index (κ3) is 5.16. The number of hydrogen-bond donors (Lipinski definition) is 1. The fourth-order valence-corrected chi connectivity index (χ4v) is 4.19. The van der Waals surface area contributed by atoms with Crippen LogP contribution in [0.15, 0.2) is 30.5 Å². The van der Waals surface area contributed by atoms with Gasteiger partial charge in [-0.3, -0.25) is 19.4 Å². The van der Waals surface area contributed by atoms with E-state index in [4.69, 9.17) is 22.1 Å². The highest BCUT2D eigenvalue weighted by atomic mass is 35.5. The van der Waals surface area contributed by atoms with Crippen LogP contribution < -0.4 is 5.73 Å². The van der Waals surface area contributed by atoms with Gasteiger partial charge >= 0.3 is 5.97 Å². The van der Waals surface area contributed by atoms with Crippen LogP contribution in [0.1, 0.15) is 68.1 Å². The second-order valence-electron chi connectivity index (χ2n) is 9.00. The lowest BCUT2D eigenvalue weighted by atomic mass is 9.98. The van der Waals surface area contributed by atoms with Gasteiger partial charge in [0.05, 0.1) is 11.7 Å². The Kier molecular flexibility index (Phi) is 7.07. The number of ether oxygens (including phenoxy) is 1. The molecule has 1 aromatic heterocycles. The van der Waals surface area contributed by atoms with Gasteiger partial charge in [0.1, 0.15) is 17.5 Å². The van der Waals surface area contributed by atoms with Crippen molar-refractivity contribution in [3.05, 3.63) is 53.0 Å². The number of rotatable bonds is 7. The van der Waals surface area contributed by atoms with Crippen molar-refractivity contribution >= 4 is 29.4 Å². The molecule has 0 fully saturated rings. The lowest BCUT2D eigenvalue weighted by Crippen LogP contribution is -2.46. The fraction of sp³-hybridized carbons (Fsp3) is 0.417. The van der Waals surface area contributed by atoms with Gasteiger partial charge in [-0.15, -0.1) is 11.6 Å². The quantitative estimate of drug-likeness (QED) is 0.479. The molecule has 7 nitrogen and oxygen atoms in total. The van der Waals surface area contributed by atoms with E-state index in [0.717, 1.165) is 5.56 Å². The van der Waals surface area contributed by atoms with Crippen LogP contribution in [0.2, 0.25) is 0 Å². The first-order valence-corrected chi connectivity index (χ1v) is 11.2. The van der Waals surface area contributed by atoms with Crippen molar-refractivity contribution in [3.8, 4) is 11.3 Å². The van der Waals surface area contributed by atoms with Gasteiger partial charge in [-0.05, 0) is 63.9 Å². The highest BCUT2D eigenvalue weighted by Gasteiger charge is 2.43. The first-order chi connectivity index (χ1) is 15.4. The molecule has 2 heterocycles. The van der Waals surface area contributed by atoms with Crippen molar-refractivity contribution < 1.29 is 23.5 Å². The molecular weight excluding hydrogens is 449 g/mol. The van der Waals surface area contributed by atoms with Gasteiger partial charge in [0.2, 0.25) is 5.91 Å². The van der Waals surface area contributed by atoms with Gasteiger partial charge in [-0.2, -0.15) is 0 Å². The zero-order valence-electron chi connectivity index (χ0n) is 19.0. The molecule has 2 amide bonds. The van der Waals surface area contributed by atoms with Crippen molar-refractivity contribution in [1.82, 2.24) is 9.88 Å². The summed E-state index contributed by atoms with van der Waals surface area (Å²) in [6.45, 7) is 6.83. The maximum atomic E-state index is 15.6. The molecule has 2 unspecified atom stereocenters. The second kappa shape index (κ2) is 9.47. The summed E-state index contributed by atoms with van der Waals surface area (Å²) in [4.78, 5) is 43.0. The van der Waals surface area contributed by atoms with Crippen LogP contribution in [0.25, 0.3) is 11.3 Å². The molecular formula is C24H27ClFN3O4. The average molecular weight is 476 g/mol. The predicted molar refractivity (Wildman–Crippen MR) is 122 cm³/mol. The molecule has 2 N–H and O–H groups in total. The lowest BCUT2D eigenvalue weighted by molar-refractivity contribution is -0.155. The average Bonchev–Trinajstić information content (AvgIpc) is 2.98. The molecule has 0 radical (unpaired) electrons. The van der Waals surface area contributed by atoms with E-state index in [-0.39, 0.29) is 35.4 Å². The van der Waals surface area contributed by atoms with Crippen LogP contribution in [0.3, 0.4) is 0 Å². The van der Waals surface area contributed by atoms with Crippen molar-refractivity contribution in [1.29, 1.82) is 0 Å². The minimum absolute atomic E-state index is 0.0257. The number of esters is 1. The summed E-state index contributed by atoms with van der Waals surface area (Å²) in [5.74, 6) is -2.14. The summed E-state index contributed by atoms with van der Waals surface area (Å²) in [7, 11) is 0. The van der Waals surface area contributed by atoms with E-state index >= 15 is 4.39 Å². The van der Waals surface area contributed by atoms with E-state index in [2.05, 4.69) is 4.98 Å². The number of carbonyl (C=O) groups is 3. The number of nitrogens with two attached hydrogens (primary N) is 1. The summed E-state index contributed by atoms with van der Waals surface area (Å²) in [6.07, 6.45) is 1.41. The van der Waals surface area contributed by atoms with Gasteiger partial charge in [-0.1, -0.05) is 0 Å².